The van der Waals surface area contributed by atoms with E-state index >= 15 is 0 Å². The van der Waals surface area contributed by atoms with Crippen molar-refractivity contribution >= 4 is 77.6 Å². The summed E-state index contributed by atoms with van der Waals surface area (Å²) in [6.07, 6.45) is 0. The van der Waals surface area contributed by atoms with E-state index in [1.165, 1.54) is 66.3 Å². The van der Waals surface area contributed by atoms with E-state index in [9.17, 15) is 0 Å². The summed E-state index contributed by atoms with van der Waals surface area (Å²) < 4.78 is 6.55. The number of aryl methyl sites for hydroxylation is 2. The molecule has 1 aromatic heterocycles. The molecule has 1 aliphatic carbocycles. The highest BCUT2D eigenvalue weighted by Crippen LogP contribution is 2.52. The van der Waals surface area contributed by atoms with Gasteiger partial charge in [0.25, 0.3) is 0 Å². The number of nitrogens with zero attached hydrogens (tertiary/aromatic N) is 2. The van der Waals surface area contributed by atoms with Crippen molar-refractivity contribution in [1.82, 2.24) is 0 Å². The van der Waals surface area contributed by atoms with E-state index in [0.29, 0.717) is 0 Å². The number of hydrogen-bond donors (Lipinski definition) is 0. The van der Waals surface area contributed by atoms with E-state index in [-0.39, 0.29) is 0 Å². The van der Waals surface area contributed by atoms with Crippen molar-refractivity contribution in [3.8, 4) is 22.3 Å². The van der Waals surface area contributed by atoms with Crippen molar-refractivity contribution in [2.75, 3.05) is 9.80 Å². The van der Waals surface area contributed by atoms with E-state index in [1.54, 1.807) is 0 Å². The normalized spacial score (nSPS) is 11.8. The molecular formula is C52H36N2O. The second-order valence-electron chi connectivity index (χ2n) is 14.7. The summed E-state index contributed by atoms with van der Waals surface area (Å²) in [7, 11) is 0. The third-order valence-corrected chi connectivity index (χ3v) is 11.4. The quantitative estimate of drug-likeness (QED) is 0.172. The summed E-state index contributed by atoms with van der Waals surface area (Å²) in [5, 5.41) is 7.16. The Morgan fingerprint density at radius 2 is 0.836 bits per heavy atom. The molecular weight excluding hydrogens is 669 g/mol. The molecule has 3 nitrogen and oxygen atoms in total. The molecule has 0 spiro atoms. The van der Waals surface area contributed by atoms with Crippen LogP contribution in [-0.2, 0) is 0 Å². The van der Waals surface area contributed by atoms with Crippen molar-refractivity contribution in [2.24, 2.45) is 0 Å². The summed E-state index contributed by atoms with van der Waals surface area (Å²) in [4.78, 5) is 4.72. The molecule has 55 heavy (non-hydrogen) atoms. The average Bonchev–Trinajstić information content (AvgIpc) is 3.61. The number of rotatable bonds is 6. The lowest BCUT2D eigenvalue weighted by Crippen LogP contribution is -2.12. The van der Waals surface area contributed by atoms with E-state index in [4.69, 9.17) is 4.42 Å². The van der Waals surface area contributed by atoms with Crippen LogP contribution in [0.25, 0.3) is 65.7 Å². The molecule has 0 fully saturated rings. The van der Waals surface area contributed by atoms with Gasteiger partial charge in [0, 0.05) is 39.2 Å². The number of benzene rings is 9. The minimum absolute atomic E-state index is 0.883. The van der Waals surface area contributed by atoms with Crippen molar-refractivity contribution in [3.63, 3.8) is 0 Å². The van der Waals surface area contributed by atoms with Gasteiger partial charge in [-0.25, -0.2) is 0 Å². The average molecular weight is 705 g/mol. The van der Waals surface area contributed by atoms with Gasteiger partial charge >= 0.3 is 0 Å². The summed E-state index contributed by atoms with van der Waals surface area (Å²) in [5.41, 5.74) is 16.2. The van der Waals surface area contributed by atoms with E-state index < -0.39 is 0 Å². The molecule has 0 radical (unpaired) electrons. The van der Waals surface area contributed by atoms with Gasteiger partial charge in [-0.2, -0.15) is 0 Å². The Hall–Kier alpha value is -7.10. The molecule has 0 aliphatic heterocycles. The first kappa shape index (κ1) is 31.4. The zero-order valence-corrected chi connectivity index (χ0v) is 30.6. The molecule has 0 atom stereocenters. The van der Waals surface area contributed by atoms with Crippen molar-refractivity contribution in [1.29, 1.82) is 0 Å². The Morgan fingerprint density at radius 3 is 1.45 bits per heavy atom. The molecule has 0 bridgehead atoms. The van der Waals surface area contributed by atoms with Gasteiger partial charge in [0.05, 0.1) is 5.69 Å². The predicted octanol–water partition coefficient (Wildman–Crippen LogP) is 15.1. The smallest absolute Gasteiger partial charge is 0.159 e. The Kier molecular flexibility index (Phi) is 6.99. The molecule has 1 aliphatic rings. The van der Waals surface area contributed by atoms with Gasteiger partial charge < -0.3 is 14.2 Å². The van der Waals surface area contributed by atoms with Gasteiger partial charge in [-0.05, 0) is 154 Å². The lowest BCUT2D eigenvalue weighted by molar-refractivity contribution is 0.669. The van der Waals surface area contributed by atoms with Crippen LogP contribution in [0.15, 0.2) is 186 Å². The minimum atomic E-state index is 0.883. The SMILES string of the molecule is Cc1ccccc1N(c1ccc2cc3c(cc2c1)-c1cc2cc(N(c4ccccc4)c4cccc5c4oc4ccccc45)ccc2cc1-3)c1ccccc1C. The Labute approximate surface area is 319 Å². The van der Waals surface area contributed by atoms with Gasteiger partial charge in [0.15, 0.2) is 5.58 Å². The Balaban J connectivity index is 1.03. The number of para-hydroxylation sites is 5. The van der Waals surface area contributed by atoms with Gasteiger partial charge in [-0.1, -0.05) is 97.1 Å². The molecule has 0 saturated carbocycles. The van der Waals surface area contributed by atoms with Crippen LogP contribution in [0.2, 0.25) is 0 Å². The van der Waals surface area contributed by atoms with Crippen LogP contribution in [0.1, 0.15) is 11.1 Å². The van der Waals surface area contributed by atoms with Crippen LogP contribution in [0, 0.1) is 13.8 Å². The van der Waals surface area contributed by atoms with Crippen molar-refractivity contribution < 1.29 is 4.42 Å². The zero-order valence-electron chi connectivity index (χ0n) is 30.6. The second-order valence-corrected chi connectivity index (χ2v) is 14.7. The molecule has 11 rings (SSSR count). The fraction of sp³-hybridized carbons (Fsp3) is 0.0385. The summed E-state index contributed by atoms with van der Waals surface area (Å²) >= 11 is 0. The fourth-order valence-electron chi connectivity index (χ4n) is 8.63. The second kappa shape index (κ2) is 12.2. The third-order valence-electron chi connectivity index (χ3n) is 11.4. The predicted molar refractivity (Wildman–Crippen MR) is 232 cm³/mol. The number of fused-ring (bicyclic) bond motifs is 9. The first-order chi connectivity index (χ1) is 27.1. The van der Waals surface area contributed by atoms with Crippen LogP contribution in [-0.4, -0.2) is 0 Å². The van der Waals surface area contributed by atoms with Crippen LogP contribution >= 0.6 is 0 Å². The Bertz CT molecular complexity index is 3090. The summed E-state index contributed by atoms with van der Waals surface area (Å²) in [6.45, 7) is 4.38. The topological polar surface area (TPSA) is 19.6 Å². The monoisotopic (exact) mass is 704 g/mol. The zero-order chi connectivity index (χ0) is 36.6. The van der Waals surface area contributed by atoms with E-state index in [0.717, 1.165) is 44.7 Å². The molecule has 0 unspecified atom stereocenters. The van der Waals surface area contributed by atoms with Gasteiger partial charge in [-0.3, -0.25) is 0 Å². The highest BCUT2D eigenvalue weighted by Gasteiger charge is 2.26. The minimum Gasteiger partial charge on any atom is -0.454 e. The van der Waals surface area contributed by atoms with Crippen LogP contribution in [0.5, 0.6) is 0 Å². The molecule has 0 amide bonds. The van der Waals surface area contributed by atoms with Crippen molar-refractivity contribution in [2.45, 2.75) is 13.8 Å². The Morgan fingerprint density at radius 1 is 0.345 bits per heavy atom. The van der Waals surface area contributed by atoms with Gasteiger partial charge in [0.1, 0.15) is 5.58 Å². The van der Waals surface area contributed by atoms with Crippen molar-refractivity contribution in [3.05, 3.63) is 193 Å². The molecule has 1 heterocycles. The van der Waals surface area contributed by atoms with Gasteiger partial charge in [0.2, 0.25) is 0 Å². The first-order valence-electron chi connectivity index (χ1n) is 18.9. The van der Waals surface area contributed by atoms with Crippen LogP contribution in [0.3, 0.4) is 0 Å². The maximum absolute atomic E-state index is 6.55. The first-order valence-corrected chi connectivity index (χ1v) is 18.9. The van der Waals surface area contributed by atoms with Gasteiger partial charge in [-0.15, -0.1) is 0 Å². The lowest BCUT2D eigenvalue weighted by Gasteiger charge is -2.29. The third kappa shape index (κ3) is 4.97. The van der Waals surface area contributed by atoms with Crippen LogP contribution in [0.4, 0.5) is 34.1 Å². The maximum Gasteiger partial charge on any atom is 0.159 e. The molecule has 0 saturated heterocycles. The summed E-state index contributed by atoms with van der Waals surface area (Å²) in [5.74, 6) is 0. The summed E-state index contributed by atoms with van der Waals surface area (Å²) in [6, 6.07) is 65.8. The molecule has 9 aromatic carbocycles. The molecule has 0 N–H and O–H groups in total. The highest BCUT2D eigenvalue weighted by molar-refractivity contribution is 6.13. The molecule has 260 valence electrons. The standard InChI is InChI=1S/C52H36N2O/c1-33-13-6-9-19-48(33)54(49-20-10-7-14-34(49)2)41-26-24-36-30-45-44-29-35-23-25-40(27-37(35)31-46(44)47(45)32-38(36)28-41)53(39-15-4-3-5-16-39)50-21-12-18-43-42-17-8-11-22-51(42)55-52(43)50/h3-32H,1-2H3. The van der Waals surface area contributed by atoms with E-state index in [2.05, 4.69) is 194 Å². The molecule has 3 heteroatoms. The highest BCUT2D eigenvalue weighted by atomic mass is 16.3. The van der Waals surface area contributed by atoms with E-state index in [1.807, 2.05) is 12.1 Å². The number of furan rings is 1. The molecule has 10 aromatic rings. The lowest BCUT2D eigenvalue weighted by atomic mass is 9.78. The number of anilines is 6. The maximum atomic E-state index is 6.55. The van der Waals surface area contributed by atoms with Crippen LogP contribution < -0.4 is 9.80 Å². The number of hydrogen-bond acceptors (Lipinski definition) is 3. The largest absolute Gasteiger partial charge is 0.454 e. The fourth-order valence-corrected chi connectivity index (χ4v) is 8.63.